The van der Waals surface area contributed by atoms with Crippen molar-refractivity contribution in [1.82, 2.24) is 29.4 Å². The van der Waals surface area contributed by atoms with Crippen LogP contribution in [0.2, 0.25) is 0 Å². The number of nitrogens with zero attached hydrogens (tertiary/aromatic N) is 6. The van der Waals surface area contributed by atoms with E-state index in [4.69, 9.17) is 0 Å². The molecule has 0 spiro atoms. The van der Waals surface area contributed by atoms with E-state index < -0.39 is 0 Å². The number of likely N-dealkylation sites (tertiary alicyclic amines) is 1. The van der Waals surface area contributed by atoms with Gasteiger partial charge in [-0.05, 0) is 39.5 Å². The van der Waals surface area contributed by atoms with Gasteiger partial charge in [-0.1, -0.05) is 5.21 Å². The summed E-state index contributed by atoms with van der Waals surface area (Å²) >= 11 is 0. The fraction of sp³-hybridized carbons (Fsp3) is 0.625. The lowest BCUT2D eigenvalue weighted by Crippen LogP contribution is -2.46. The van der Waals surface area contributed by atoms with Crippen LogP contribution in [0.1, 0.15) is 38.4 Å². The van der Waals surface area contributed by atoms with Gasteiger partial charge in [0.2, 0.25) is 0 Å². The van der Waals surface area contributed by atoms with Crippen molar-refractivity contribution in [3.8, 4) is 0 Å². The Morgan fingerprint density at radius 1 is 1.42 bits per heavy atom. The SMILES string of the molecule is CCn1cc(NC(=O)N2CCCC[C@@H]2CCn2ccnc2C)nn1. The van der Waals surface area contributed by atoms with Crippen LogP contribution >= 0.6 is 0 Å². The molecule has 130 valence electrons. The molecule has 1 aliphatic rings. The highest BCUT2D eigenvalue weighted by molar-refractivity contribution is 5.88. The van der Waals surface area contributed by atoms with Crippen molar-refractivity contribution >= 4 is 11.8 Å². The van der Waals surface area contributed by atoms with E-state index in [1.54, 1.807) is 10.9 Å². The highest BCUT2D eigenvalue weighted by atomic mass is 16.2. The number of hydrogen-bond acceptors (Lipinski definition) is 4. The minimum atomic E-state index is -0.0785. The number of amides is 2. The minimum absolute atomic E-state index is 0.0785. The Morgan fingerprint density at radius 2 is 2.29 bits per heavy atom. The van der Waals surface area contributed by atoms with Gasteiger partial charge in [-0.3, -0.25) is 10.00 Å². The molecule has 0 saturated carbocycles. The number of piperidine rings is 1. The molecule has 0 radical (unpaired) electrons. The number of imidazole rings is 1. The Labute approximate surface area is 141 Å². The monoisotopic (exact) mass is 331 g/mol. The maximum atomic E-state index is 12.6. The number of nitrogens with one attached hydrogen (secondary N) is 1. The van der Waals surface area contributed by atoms with Gasteiger partial charge in [0.15, 0.2) is 5.82 Å². The average Bonchev–Trinajstić information content (AvgIpc) is 3.22. The van der Waals surface area contributed by atoms with Crippen molar-refractivity contribution < 1.29 is 4.79 Å². The van der Waals surface area contributed by atoms with Gasteiger partial charge in [0.25, 0.3) is 0 Å². The van der Waals surface area contributed by atoms with Gasteiger partial charge in [-0.15, -0.1) is 5.10 Å². The summed E-state index contributed by atoms with van der Waals surface area (Å²) < 4.78 is 3.84. The third kappa shape index (κ3) is 3.74. The third-order valence-corrected chi connectivity index (χ3v) is 4.61. The first kappa shape index (κ1) is 16.5. The number of aryl methyl sites for hydroxylation is 3. The molecule has 24 heavy (non-hydrogen) atoms. The lowest BCUT2D eigenvalue weighted by molar-refractivity contribution is 0.155. The number of hydrogen-bond donors (Lipinski definition) is 1. The van der Waals surface area contributed by atoms with Gasteiger partial charge in [0.05, 0.1) is 6.20 Å². The van der Waals surface area contributed by atoms with E-state index in [9.17, 15) is 4.79 Å². The highest BCUT2D eigenvalue weighted by Crippen LogP contribution is 2.21. The summed E-state index contributed by atoms with van der Waals surface area (Å²) in [5.41, 5.74) is 0. The molecule has 2 aromatic rings. The van der Waals surface area contributed by atoms with Crippen molar-refractivity contribution in [2.75, 3.05) is 11.9 Å². The standard InChI is InChI=1S/C16H25N7O/c1-3-22-12-15(19-20-22)18-16(24)23-9-5-4-6-14(23)7-10-21-11-8-17-13(21)2/h8,11-12,14H,3-7,9-10H2,1-2H3,(H,18,24)/t14-/m1/s1. The molecular formula is C16H25N7O. The van der Waals surface area contributed by atoms with Gasteiger partial charge in [0, 0.05) is 38.1 Å². The molecule has 0 unspecified atom stereocenters. The van der Waals surface area contributed by atoms with Crippen molar-refractivity contribution in [1.29, 1.82) is 0 Å². The summed E-state index contributed by atoms with van der Waals surface area (Å²) in [4.78, 5) is 18.8. The third-order valence-electron chi connectivity index (χ3n) is 4.61. The molecule has 3 heterocycles. The van der Waals surface area contributed by atoms with Crippen LogP contribution in [0.15, 0.2) is 18.6 Å². The minimum Gasteiger partial charge on any atom is -0.335 e. The predicted octanol–water partition coefficient (Wildman–Crippen LogP) is 2.28. The molecular weight excluding hydrogens is 306 g/mol. The van der Waals surface area contributed by atoms with E-state index in [1.165, 1.54) is 6.42 Å². The molecule has 1 fully saturated rings. The van der Waals surface area contributed by atoms with Gasteiger partial charge >= 0.3 is 6.03 Å². The topological polar surface area (TPSA) is 80.9 Å². The van der Waals surface area contributed by atoms with Gasteiger partial charge in [0.1, 0.15) is 5.82 Å². The molecule has 8 nitrogen and oxygen atoms in total. The van der Waals surface area contributed by atoms with Crippen LogP contribution in [-0.4, -0.2) is 48.1 Å². The van der Waals surface area contributed by atoms with E-state index >= 15 is 0 Å². The van der Waals surface area contributed by atoms with Crippen LogP contribution < -0.4 is 5.32 Å². The molecule has 1 N–H and O–H groups in total. The Hall–Kier alpha value is -2.38. The maximum absolute atomic E-state index is 12.6. The molecule has 0 aromatic carbocycles. The van der Waals surface area contributed by atoms with E-state index in [-0.39, 0.29) is 12.1 Å². The lowest BCUT2D eigenvalue weighted by atomic mass is 9.99. The van der Waals surface area contributed by atoms with Gasteiger partial charge in [-0.2, -0.15) is 0 Å². The van der Waals surface area contributed by atoms with Crippen LogP contribution in [0.25, 0.3) is 0 Å². The summed E-state index contributed by atoms with van der Waals surface area (Å²) in [7, 11) is 0. The fourth-order valence-electron chi connectivity index (χ4n) is 3.19. The quantitative estimate of drug-likeness (QED) is 0.911. The van der Waals surface area contributed by atoms with Crippen LogP contribution in [0.3, 0.4) is 0 Å². The van der Waals surface area contributed by atoms with Crippen LogP contribution in [-0.2, 0) is 13.1 Å². The maximum Gasteiger partial charge on any atom is 0.323 e. The van der Waals surface area contributed by atoms with Gasteiger partial charge in [-0.25, -0.2) is 9.78 Å². The zero-order chi connectivity index (χ0) is 16.9. The zero-order valence-corrected chi connectivity index (χ0v) is 14.4. The summed E-state index contributed by atoms with van der Waals surface area (Å²) in [6, 6.07) is 0.173. The number of anilines is 1. The smallest absolute Gasteiger partial charge is 0.323 e. The number of carbonyl (C=O) groups is 1. The molecule has 2 aromatic heterocycles. The normalized spacial score (nSPS) is 17.9. The number of carbonyl (C=O) groups excluding carboxylic acids is 1. The Kier molecular flexibility index (Phi) is 5.12. The Morgan fingerprint density at radius 3 is 3.00 bits per heavy atom. The lowest BCUT2D eigenvalue weighted by Gasteiger charge is -2.35. The number of aromatic nitrogens is 5. The van der Waals surface area contributed by atoms with E-state index in [0.29, 0.717) is 5.82 Å². The molecule has 0 aliphatic carbocycles. The van der Waals surface area contributed by atoms with Crippen LogP contribution in [0, 0.1) is 6.92 Å². The van der Waals surface area contributed by atoms with Crippen molar-refractivity contribution in [2.45, 2.75) is 58.7 Å². The Balaban J connectivity index is 1.60. The number of rotatable bonds is 5. The average molecular weight is 331 g/mol. The molecule has 3 rings (SSSR count). The summed E-state index contributed by atoms with van der Waals surface area (Å²) in [5, 5.41) is 10.8. The molecule has 2 amide bonds. The van der Waals surface area contributed by atoms with Crippen LogP contribution in [0.5, 0.6) is 0 Å². The highest BCUT2D eigenvalue weighted by Gasteiger charge is 2.27. The van der Waals surface area contributed by atoms with Crippen molar-refractivity contribution in [2.24, 2.45) is 0 Å². The second-order valence-electron chi connectivity index (χ2n) is 6.19. The van der Waals surface area contributed by atoms with Crippen molar-refractivity contribution in [3.63, 3.8) is 0 Å². The van der Waals surface area contributed by atoms with Gasteiger partial charge < -0.3 is 9.47 Å². The molecule has 0 bridgehead atoms. The first-order valence-electron chi connectivity index (χ1n) is 8.63. The second kappa shape index (κ2) is 7.46. The van der Waals surface area contributed by atoms with E-state index in [0.717, 1.165) is 44.7 Å². The zero-order valence-electron chi connectivity index (χ0n) is 14.4. The molecule has 1 aliphatic heterocycles. The van der Waals surface area contributed by atoms with Crippen molar-refractivity contribution in [3.05, 3.63) is 24.4 Å². The fourth-order valence-corrected chi connectivity index (χ4v) is 3.19. The molecule has 1 saturated heterocycles. The van der Waals surface area contributed by atoms with Crippen LogP contribution in [0.4, 0.5) is 10.6 Å². The molecule has 1 atom stereocenters. The molecule has 8 heteroatoms. The second-order valence-corrected chi connectivity index (χ2v) is 6.19. The van der Waals surface area contributed by atoms with E-state index in [2.05, 4.69) is 25.2 Å². The summed E-state index contributed by atoms with van der Waals surface area (Å²) in [6.07, 6.45) is 9.77. The summed E-state index contributed by atoms with van der Waals surface area (Å²) in [6.45, 7) is 6.40. The largest absolute Gasteiger partial charge is 0.335 e. The first-order chi connectivity index (χ1) is 11.7. The number of urea groups is 1. The van der Waals surface area contributed by atoms with E-state index in [1.807, 2.05) is 31.1 Å². The first-order valence-corrected chi connectivity index (χ1v) is 8.63. The predicted molar refractivity (Wildman–Crippen MR) is 90.6 cm³/mol. The summed E-state index contributed by atoms with van der Waals surface area (Å²) in [5.74, 6) is 1.52. The Bertz CT molecular complexity index is 678.